The van der Waals surface area contributed by atoms with Gasteiger partial charge in [-0.3, -0.25) is 0 Å². The van der Waals surface area contributed by atoms with Gasteiger partial charge in [0.2, 0.25) is 0 Å². The molecule has 18 heavy (non-hydrogen) atoms. The number of allylic oxidation sites excluding steroid dienone is 1. The lowest BCUT2D eigenvalue weighted by Gasteiger charge is -2.18. The Labute approximate surface area is 116 Å². The van der Waals surface area contributed by atoms with Gasteiger partial charge in [0.05, 0.1) is 6.10 Å². The standard InChI is InChI=1S/C15H17BrO2/c1-2-11-9-12(16)3-4-13(11)14-7-10(5-6-17)8-15(14)18/h3-5,9-10,14-15,18H,2,7-8H2,1H3. The van der Waals surface area contributed by atoms with Crippen LogP contribution in [0.4, 0.5) is 0 Å². The number of benzene rings is 1. The molecule has 1 aromatic carbocycles. The molecule has 3 atom stereocenters. The van der Waals surface area contributed by atoms with Crippen LogP contribution in [-0.4, -0.2) is 17.2 Å². The van der Waals surface area contributed by atoms with E-state index >= 15 is 0 Å². The predicted molar refractivity (Wildman–Crippen MR) is 75.3 cm³/mol. The fourth-order valence-electron chi connectivity index (χ4n) is 2.86. The molecule has 1 aliphatic carbocycles. The first-order chi connectivity index (χ1) is 8.65. The molecule has 2 rings (SSSR count). The number of rotatable bonds is 3. The number of hydrogen-bond acceptors (Lipinski definition) is 2. The average molecular weight is 309 g/mol. The van der Waals surface area contributed by atoms with Crippen LogP contribution in [0, 0.1) is 5.92 Å². The van der Waals surface area contributed by atoms with E-state index in [-0.39, 0.29) is 17.9 Å². The van der Waals surface area contributed by atoms with Crippen molar-refractivity contribution in [3.63, 3.8) is 0 Å². The second-order valence-electron chi connectivity index (χ2n) is 4.89. The molecular formula is C15H17BrO2. The molecule has 1 fully saturated rings. The molecular weight excluding hydrogens is 292 g/mol. The fourth-order valence-corrected chi connectivity index (χ4v) is 3.27. The molecule has 3 unspecified atom stereocenters. The van der Waals surface area contributed by atoms with Gasteiger partial charge in [0, 0.05) is 16.5 Å². The SMILES string of the molecule is CCc1cc(Br)ccc1C1CC(C=C=O)CC1O. The van der Waals surface area contributed by atoms with Crippen LogP contribution < -0.4 is 0 Å². The van der Waals surface area contributed by atoms with Crippen molar-refractivity contribution in [1.29, 1.82) is 0 Å². The molecule has 2 nitrogen and oxygen atoms in total. The Morgan fingerprint density at radius 1 is 1.50 bits per heavy atom. The van der Waals surface area contributed by atoms with Gasteiger partial charge in [0.15, 0.2) is 0 Å². The number of aliphatic hydroxyl groups excluding tert-OH is 1. The zero-order chi connectivity index (χ0) is 13.1. The molecule has 96 valence electrons. The van der Waals surface area contributed by atoms with Crippen LogP contribution in [0.1, 0.15) is 36.8 Å². The predicted octanol–water partition coefficient (Wildman–Crippen LogP) is 3.25. The van der Waals surface area contributed by atoms with Gasteiger partial charge in [-0.05, 0) is 48.4 Å². The van der Waals surface area contributed by atoms with Crippen LogP contribution in [0.2, 0.25) is 0 Å². The summed E-state index contributed by atoms with van der Waals surface area (Å²) in [6, 6.07) is 6.22. The second kappa shape index (κ2) is 5.83. The van der Waals surface area contributed by atoms with E-state index in [1.54, 1.807) is 6.08 Å². The highest BCUT2D eigenvalue weighted by Gasteiger charge is 2.33. The van der Waals surface area contributed by atoms with E-state index in [1.165, 1.54) is 11.1 Å². The van der Waals surface area contributed by atoms with Crippen LogP contribution in [0.3, 0.4) is 0 Å². The number of halogens is 1. The minimum Gasteiger partial charge on any atom is -0.392 e. The molecule has 0 aromatic heterocycles. The van der Waals surface area contributed by atoms with Crippen LogP contribution >= 0.6 is 15.9 Å². The minimum absolute atomic E-state index is 0.141. The van der Waals surface area contributed by atoms with E-state index in [0.29, 0.717) is 6.42 Å². The van der Waals surface area contributed by atoms with Gasteiger partial charge in [-0.25, -0.2) is 4.79 Å². The largest absolute Gasteiger partial charge is 0.392 e. The number of aliphatic hydroxyl groups is 1. The summed E-state index contributed by atoms with van der Waals surface area (Å²) in [5.41, 5.74) is 2.49. The van der Waals surface area contributed by atoms with Gasteiger partial charge in [-0.2, -0.15) is 0 Å². The summed E-state index contributed by atoms with van der Waals surface area (Å²) >= 11 is 3.48. The van der Waals surface area contributed by atoms with Crippen LogP contribution in [-0.2, 0) is 11.2 Å². The van der Waals surface area contributed by atoms with Gasteiger partial charge in [0.25, 0.3) is 0 Å². The summed E-state index contributed by atoms with van der Waals surface area (Å²) < 4.78 is 1.07. The highest BCUT2D eigenvalue weighted by Crippen LogP contribution is 2.40. The van der Waals surface area contributed by atoms with E-state index < -0.39 is 0 Å². The third-order valence-electron chi connectivity index (χ3n) is 3.75. The maximum absolute atomic E-state index is 10.4. The highest BCUT2D eigenvalue weighted by atomic mass is 79.9. The Balaban J connectivity index is 2.29. The Morgan fingerprint density at radius 3 is 2.94 bits per heavy atom. The van der Waals surface area contributed by atoms with E-state index in [4.69, 9.17) is 0 Å². The summed E-state index contributed by atoms with van der Waals surface area (Å²) in [6.45, 7) is 2.12. The van der Waals surface area contributed by atoms with E-state index in [9.17, 15) is 9.90 Å². The molecule has 1 aliphatic rings. The molecule has 1 aromatic rings. The molecule has 1 saturated carbocycles. The van der Waals surface area contributed by atoms with Crippen LogP contribution in [0.5, 0.6) is 0 Å². The molecule has 0 bridgehead atoms. The Morgan fingerprint density at radius 2 is 2.28 bits per heavy atom. The molecule has 0 heterocycles. The van der Waals surface area contributed by atoms with Crippen molar-refractivity contribution in [2.24, 2.45) is 5.92 Å². The highest BCUT2D eigenvalue weighted by molar-refractivity contribution is 9.10. The van der Waals surface area contributed by atoms with E-state index in [0.717, 1.165) is 17.3 Å². The van der Waals surface area contributed by atoms with Gasteiger partial charge < -0.3 is 5.11 Å². The lowest BCUT2D eigenvalue weighted by molar-refractivity contribution is 0.161. The third-order valence-corrected chi connectivity index (χ3v) is 4.25. The summed E-state index contributed by atoms with van der Waals surface area (Å²) in [5.74, 6) is 2.15. The van der Waals surface area contributed by atoms with Gasteiger partial charge >= 0.3 is 0 Å². The molecule has 0 amide bonds. The van der Waals surface area contributed by atoms with Crippen molar-refractivity contribution in [2.75, 3.05) is 0 Å². The number of hydrogen-bond donors (Lipinski definition) is 1. The van der Waals surface area contributed by atoms with E-state index in [1.807, 2.05) is 12.0 Å². The molecule has 0 saturated heterocycles. The van der Waals surface area contributed by atoms with Crippen LogP contribution in [0.25, 0.3) is 0 Å². The Hall–Kier alpha value is -0.890. The van der Waals surface area contributed by atoms with Crippen molar-refractivity contribution in [3.8, 4) is 0 Å². The minimum atomic E-state index is -0.355. The smallest absolute Gasteiger partial charge is 0.120 e. The maximum atomic E-state index is 10.4. The number of carbonyl (C=O) groups excluding carboxylic acids is 1. The second-order valence-corrected chi connectivity index (χ2v) is 5.80. The van der Waals surface area contributed by atoms with Gasteiger partial charge in [-0.1, -0.05) is 28.9 Å². The number of aryl methyl sites for hydroxylation is 1. The maximum Gasteiger partial charge on any atom is 0.120 e. The molecule has 0 spiro atoms. The summed E-state index contributed by atoms with van der Waals surface area (Å²) in [7, 11) is 0. The Kier molecular flexibility index (Phi) is 4.39. The lowest BCUT2D eigenvalue weighted by atomic mass is 9.90. The monoisotopic (exact) mass is 308 g/mol. The summed E-state index contributed by atoms with van der Waals surface area (Å²) in [4.78, 5) is 10.4. The van der Waals surface area contributed by atoms with Crippen molar-refractivity contribution in [3.05, 3.63) is 39.9 Å². The zero-order valence-corrected chi connectivity index (χ0v) is 12.0. The van der Waals surface area contributed by atoms with Crippen molar-refractivity contribution in [1.82, 2.24) is 0 Å². The first-order valence-corrected chi connectivity index (χ1v) is 7.12. The Bertz CT molecular complexity index is 477. The first kappa shape index (κ1) is 13.5. The van der Waals surface area contributed by atoms with Gasteiger partial charge in [-0.15, -0.1) is 0 Å². The quantitative estimate of drug-likeness (QED) is 0.870. The normalized spacial score (nSPS) is 26.9. The van der Waals surface area contributed by atoms with Crippen LogP contribution in [0.15, 0.2) is 28.7 Å². The van der Waals surface area contributed by atoms with E-state index in [2.05, 4.69) is 35.0 Å². The fraction of sp³-hybridized carbons (Fsp3) is 0.467. The third kappa shape index (κ3) is 2.74. The van der Waals surface area contributed by atoms with Crippen molar-refractivity contribution in [2.45, 2.75) is 38.2 Å². The summed E-state index contributed by atoms with van der Waals surface area (Å²) in [5, 5.41) is 10.2. The van der Waals surface area contributed by atoms with Gasteiger partial charge in [0.1, 0.15) is 5.94 Å². The van der Waals surface area contributed by atoms with Crippen molar-refractivity contribution >= 4 is 21.9 Å². The first-order valence-electron chi connectivity index (χ1n) is 6.33. The summed E-state index contributed by atoms with van der Waals surface area (Å²) in [6.07, 6.45) is 3.65. The molecule has 1 N–H and O–H groups in total. The molecule has 0 aliphatic heterocycles. The average Bonchev–Trinajstić information content (AvgIpc) is 2.70. The molecule has 0 radical (unpaired) electrons. The lowest BCUT2D eigenvalue weighted by Crippen LogP contribution is -2.12. The zero-order valence-electron chi connectivity index (χ0n) is 10.4. The topological polar surface area (TPSA) is 37.3 Å². The molecule has 3 heteroatoms. The van der Waals surface area contributed by atoms with Crippen molar-refractivity contribution < 1.29 is 9.90 Å².